The van der Waals surface area contributed by atoms with Crippen LogP contribution in [0.1, 0.15) is 11.6 Å². The van der Waals surface area contributed by atoms with E-state index in [9.17, 15) is 4.79 Å². The largest absolute Gasteiger partial charge is 0.341 e. The van der Waals surface area contributed by atoms with E-state index >= 15 is 0 Å². The summed E-state index contributed by atoms with van der Waals surface area (Å²) in [6.07, 6.45) is 0. The van der Waals surface area contributed by atoms with Gasteiger partial charge < -0.3 is 16.4 Å². The highest BCUT2D eigenvalue weighted by Gasteiger charge is 2.10. The van der Waals surface area contributed by atoms with Gasteiger partial charge in [-0.25, -0.2) is 4.79 Å². The molecule has 1 aromatic carbocycles. The molecule has 0 aliphatic rings. The van der Waals surface area contributed by atoms with Crippen LogP contribution in [0.4, 0.5) is 4.79 Å². The fraction of sp³-hybridized carbons (Fsp3) is 0.300. The fourth-order valence-electron chi connectivity index (χ4n) is 1.19. The molecule has 4 N–H and O–H groups in total. The molecule has 0 aromatic heterocycles. The number of nitrogens with two attached hydrogens (primary N) is 1. The maximum absolute atomic E-state index is 11.1. The maximum atomic E-state index is 11.1. The van der Waals surface area contributed by atoms with Crippen LogP contribution in [0.25, 0.3) is 0 Å². The summed E-state index contributed by atoms with van der Waals surface area (Å²) in [7, 11) is 1.58. The molecule has 0 fully saturated rings. The molecule has 76 valence electrons. The van der Waals surface area contributed by atoms with E-state index in [0.717, 1.165) is 5.56 Å². The number of amides is 2. The van der Waals surface area contributed by atoms with Crippen molar-refractivity contribution in [2.75, 3.05) is 13.6 Å². The van der Waals surface area contributed by atoms with Crippen molar-refractivity contribution in [2.24, 2.45) is 5.73 Å². The fourth-order valence-corrected chi connectivity index (χ4v) is 1.19. The number of carbonyl (C=O) groups excluding carboxylic acids is 1. The van der Waals surface area contributed by atoms with E-state index in [2.05, 4.69) is 10.6 Å². The number of hydrogen-bond acceptors (Lipinski definition) is 2. The molecule has 1 aromatic rings. The van der Waals surface area contributed by atoms with Crippen LogP contribution >= 0.6 is 0 Å². The number of hydrogen-bond donors (Lipinski definition) is 3. The first-order valence-electron chi connectivity index (χ1n) is 4.51. The molecule has 0 saturated carbocycles. The third-order valence-electron chi connectivity index (χ3n) is 1.97. The van der Waals surface area contributed by atoms with Gasteiger partial charge in [-0.2, -0.15) is 0 Å². The average Bonchev–Trinajstić information content (AvgIpc) is 2.26. The second kappa shape index (κ2) is 5.24. The minimum Gasteiger partial charge on any atom is -0.341 e. The van der Waals surface area contributed by atoms with Crippen molar-refractivity contribution in [3.05, 3.63) is 35.9 Å². The standard InChI is InChI=1S/C10H15N3O/c1-12-10(14)13-9(7-11)8-5-3-2-4-6-8/h2-6,9H,7,11H2,1H3,(H2,12,13,14). The smallest absolute Gasteiger partial charge is 0.315 e. The Morgan fingerprint density at radius 1 is 1.43 bits per heavy atom. The number of benzene rings is 1. The first-order valence-corrected chi connectivity index (χ1v) is 4.51. The molecule has 2 amide bonds. The third kappa shape index (κ3) is 2.74. The Morgan fingerprint density at radius 2 is 2.07 bits per heavy atom. The topological polar surface area (TPSA) is 67.2 Å². The number of rotatable bonds is 3. The van der Waals surface area contributed by atoms with Crippen molar-refractivity contribution >= 4 is 6.03 Å². The van der Waals surface area contributed by atoms with E-state index in [0.29, 0.717) is 6.54 Å². The van der Waals surface area contributed by atoms with Crippen LogP contribution in [-0.4, -0.2) is 19.6 Å². The summed E-state index contributed by atoms with van der Waals surface area (Å²) in [5.74, 6) is 0. The molecule has 1 unspecified atom stereocenters. The van der Waals surface area contributed by atoms with Crippen LogP contribution in [-0.2, 0) is 0 Å². The molecule has 0 saturated heterocycles. The summed E-state index contributed by atoms with van der Waals surface area (Å²) in [5, 5.41) is 5.25. The second-order valence-corrected chi connectivity index (χ2v) is 2.92. The number of carbonyl (C=O) groups is 1. The zero-order valence-corrected chi connectivity index (χ0v) is 8.16. The van der Waals surface area contributed by atoms with Gasteiger partial charge in [0.05, 0.1) is 6.04 Å². The van der Waals surface area contributed by atoms with E-state index in [1.165, 1.54) is 0 Å². The lowest BCUT2D eigenvalue weighted by molar-refractivity contribution is 0.239. The van der Waals surface area contributed by atoms with Crippen LogP contribution < -0.4 is 16.4 Å². The van der Waals surface area contributed by atoms with E-state index in [-0.39, 0.29) is 12.1 Å². The minimum atomic E-state index is -0.218. The molecule has 0 aliphatic heterocycles. The zero-order valence-electron chi connectivity index (χ0n) is 8.16. The Morgan fingerprint density at radius 3 is 2.57 bits per heavy atom. The highest BCUT2D eigenvalue weighted by atomic mass is 16.2. The van der Waals surface area contributed by atoms with E-state index in [4.69, 9.17) is 5.73 Å². The Kier molecular flexibility index (Phi) is 3.94. The van der Waals surface area contributed by atoms with Crippen molar-refractivity contribution in [1.29, 1.82) is 0 Å². The van der Waals surface area contributed by atoms with Crippen molar-refractivity contribution in [3.8, 4) is 0 Å². The van der Waals surface area contributed by atoms with Gasteiger partial charge in [0, 0.05) is 13.6 Å². The highest BCUT2D eigenvalue weighted by molar-refractivity contribution is 5.74. The number of nitrogens with one attached hydrogen (secondary N) is 2. The Labute approximate surface area is 83.5 Å². The van der Waals surface area contributed by atoms with Gasteiger partial charge >= 0.3 is 6.03 Å². The molecular weight excluding hydrogens is 178 g/mol. The van der Waals surface area contributed by atoms with Crippen molar-refractivity contribution in [2.45, 2.75) is 6.04 Å². The number of urea groups is 1. The van der Waals surface area contributed by atoms with Gasteiger partial charge in [-0.05, 0) is 5.56 Å². The lowest BCUT2D eigenvalue weighted by Crippen LogP contribution is -2.38. The molecule has 4 heteroatoms. The van der Waals surface area contributed by atoms with Gasteiger partial charge in [0.2, 0.25) is 0 Å². The summed E-state index contributed by atoms with van der Waals surface area (Å²) >= 11 is 0. The Bertz CT molecular complexity index is 287. The summed E-state index contributed by atoms with van der Waals surface area (Å²) < 4.78 is 0. The predicted octanol–water partition coefficient (Wildman–Crippen LogP) is 0.615. The Balaban J connectivity index is 2.68. The molecule has 1 rings (SSSR count). The second-order valence-electron chi connectivity index (χ2n) is 2.92. The van der Waals surface area contributed by atoms with Gasteiger partial charge in [-0.15, -0.1) is 0 Å². The van der Waals surface area contributed by atoms with Crippen LogP contribution in [0.15, 0.2) is 30.3 Å². The molecule has 0 radical (unpaired) electrons. The van der Waals surface area contributed by atoms with Gasteiger partial charge in [0.1, 0.15) is 0 Å². The normalized spacial score (nSPS) is 11.9. The summed E-state index contributed by atoms with van der Waals surface area (Å²) in [4.78, 5) is 11.1. The SMILES string of the molecule is CNC(=O)NC(CN)c1ccccc1. The highest BCUT2D eigenvalue weighted by Crippen LogP contribution is 2.10. The van der Waals surface area contributed by atoms with Gasteiger partial charge in [0.25, 0.3) is 0 Å². The molecule has 0 aliphatic carbocycles. The maximum Gasteiger partial charge on any atom is 0.315 e. The molecule has 4 nitrogen and oxygen atoms in total. The van der Waals surface area contributed by atoms with E-state index in [1.807, 2.05) is 30.3 Å². The average molecular weight is 193 g/mol. The zero-order chi connectivity index (χ0) is 10.4. The molecular formula is C10H15N3O. The van der Waals surface area contributed by atoms with Crippen LogP contribution in [0.2, 0.25) is 0 Å². The van der Waals surface area contributed by atoms with E-state index < -0.39 is 0 Å². The molecule has 0 heterocycles. The lowest BCUT2D eigenvalue weighted by Gasteiger charge is -2.16. The summed E-state index contributed by atoms with van der Waals surface area (Å²) in [6, 6.07) is 9.30. The van der Waals surface area contributed by atoms with Crippen LogP contribution in [0.5, 0.6) is 0 Å². The van der Waals surface area contributed by atoms with Gasteiger partial charge in [0.15, 0.2) is 0 Å². The monoisotopic (exact) mass is 193 g/mol. The lowest BCUT2D eigenvalue weighted by atomic mass is 10.1. The van der Waals surface area contributed by atoms with Crippen LogP contribution in [0.3, 0.4) is 0 Å². The molecule has 0 bridgehead atoms. The first kappa shape index (κ1) is 10.5. The summed E-state index contributed by atoms with van der Waals surface area (Å²) in [5.41, 5.74) is 6.58. The van der Waals surface area contributed by atoms with Crippen molar-refractivity contribution < 1.29 is 4.79 Å². The quantitative estimate of drug-likeness (QED) is 0.658. The first-order chi connectivity index (χ1) is 6.77. The van der Waals surface area contributed by atoms with Crippen molar-refractivity contribution in [1.82, 2.24) is 10.6 Å². The summed E-state index contributed by atoms with van der Waals surface area (Å²) in [6.45, 7) is 0.386. The Hall–Kier alpha value is -1.55. The van der Waals surface area contributed by atoms with Crippen LogP contribution in [0, 0.1) is 0 Å². The molecule has 1 atom stereocenters. The third-order valence-corrected chi connectivity index (χ3v) is 1.97. The minimum absolute atomic E-state index is 0.129. The molecule has 14 heavy (non-hydrogen) atoms. The van der Waals surface area contributed by atoms with Crippen molar-refractivity contribution in [3.63, 3.8) is 0 Å². The van der Waals surface area contributed by atoms with Gasteiger partial charge in [-0.3, -0.25) is 0 Å². The van der Waals surface area contributed by atoms with Gasteiger partial charge in [-0.1, -0.05) is 30.3 Å². The van der Waals surface area contributed by atoms with E-state index in [1.54, 1.807) is 7.05 Å². The molecule has 0 spiro atoms. The predicted molar refractivity (Wildman–Crippen MR) is 55.8 cm³/mol.